The average molecular weight is 210 g/mol. The molecule has 0 radical (unpaired) electrons. The van der Waals surface area contributed by atoms with Gasteiger partial charge >= 0.3 is 0 Å². The molecule has 2 rings (SSSR count). The van der Waals surface area contributed by atoms with Crippen molar-refractivity contribution in [3.63, 3.8) is 0 Å². The van der Waals surface area contributed by atoms with Gasteiger partial charge in [-0.15, -0.1) is 0 Å². The normalized spacial score (nSPS) is 28.2. The van der Waals surface area contributed by atoms with Crippen LogP contribution in [0, 0.1) is 11.8 Å². The molecule has 2 fully saturated rings. The highest BCUT2D eigenvalue weighted by Gasteiger charge is 2.21. The lowest BCUT2D eigenvalue weighted by Gasteiger charge is -2.32. The van der Waals surface area contributed by atoms with Gasteiger partial charge in [-0.05, 0) is 50.6 Å². The number of piperidine rings is 1. The van der Waals surface area contributed by atoms with E-state index in [0.29, 0.717) is 0 Å². The van der Waals surface area contributed by atoms with Crippen LogP contribution in [-0.4, -0.2) is 37.6 Å². The van der Waals surface area contributed by atoms with Crippen molar-refractivity contribution in [2.45, 2.75) is 39.0 Å². The Hall–Kier alpha value is -0.0800. The molecule has 0 aromatic heterocycles. The molecule has 1 saturated carbocycles. The molecule has 0 aromatic rings. The molecule has 1 N–H and O–H groups in total. The fraction of sp³-hybridized carbons (Fsp3) is 1.00. The summed E-state index contributed by atoms with van der Waals surface area (Å²) in [6.07, 6.45) is 7.18. The molecule has 1 aliphatic carbocycles. The topological polar surface area (TPSA) is 15.3 Å². The van der Waals surface area contributed by atoms with E-state index >= 15 is 0 Å². The Morgan fingerprint density at radius 3 is 2.80 bits per heavy atom. The number of hydrogen-bond acceptors (Lipinski definition) is 2. The van der Waals surface area contributed by atoms with Gasteiger partial charge in [0.1, 0.15) is 0 Å². The van der Waals surface area contributed by atoms with Crippen LogP contribution in [0.3, 0.4) is 0 Å². The first kappa shape index (κ1) is 11.4. The molecule has 0 bridgehead atoms. The average Bonchev–Trinajstić information content (AvgIpc) is 3.09. The van der Waals surface area contributed by atoms with Crippen molar-refractivity contribution in [2.24, 2.45) is 11.8 Å². The Kier molecular flexibility index (Phi) is 4.45. The third-order valence-electron chi connectivity index (χ3n) is 3.92. The van der Waals surface area contributed by atoms with E-state index in [-0.39, 0.29) is 0 Å². The van der Waals surface area contributed by atoms with Crippen LogP contribution in [0.2, 0.25) is 0 Å². The molecule has 1 aliphatic heterocycles. The minimum atomic E-state index is 0.974. The minimum Gasteiger partial charge on any atom is -0.315 e. The van der Waals surface area contributed by atoms with E-state index in [9.17, 15) is 0 Å². The van der Waals surface area contributed by atoms with Gasteiger partial charge in [-0.25, -0.2) is 0 Å². The van der Waals surface area contributed by atoms with Crippen LogP contribution in [0.1, 0.15) is 39.0 Å². The Morgan fingerprint density at radius 2 is 2.07 bits per heavy atom. The van der Waals surface area contributed by atoms with Crippen LogP contribution < -0.4 is 5.32 Å². The van der Waals surface area contributed by atoms with E-state index in [1.54, 1.807) is 0 Å². The molecule has 1 saturated heterocycles. The maximum atomic E-state index is 3.59. The van der Waals surface area contributed by atoms with Gasteiger partial charge in [0.15, 0.2) is 0 Å². The van der Waals surface area contributed by atoms with Gasteiger partial charge in [0, 0.05) is 19.6 Å². The van der Waals surface area contributed by atoms with Gasteiger partial charge in [-0.3, -0.25) is 0 Å². The van der Waals surface area contributed by atoms with Crippen LogP contribution >= 0.6 is 0 Å². The molecule has 1 atom stereocenters. The Morgan fingerprint density at radius 1 is 1.20 bits per heavy atom. The second-order valence-electron chi connectivity index (χ2n) is 5.36. The second kappa shape index (κ2) is 5.86. The summed E-state index contributed by atoms with van der Waals surface area (Å²) in [4.78, 5) is 2.65. The zero-order valence-electron chi connectivity index (χ0n) is 10.2. The first-order valence-corrected chi connectivity index (χ1v) is 6.81. The molecule has 1 unspecified atom stereocenters. The third-order valence-corrected chi connectivity index (χ3v) is 3.92. The van der Waals surface area contributed by atoms with E-state index in [0.717, 1.165) is 11.8 Å². The highest BCUT2D eigenvalue weighted by atomic mass is 15.1. The summed E-state index contributed by atoms with van der Waals surface area (Å²) in [7, 11) is 0. The summed E-state index contributed by atoms with van der Waals surface area (Å²) in [5, 5.41) is 3.59. The van der Waals surface area contributed by atoms with Gasteiger partial charge in [0.25, 0.3) is 0 Å². The highest BCUT2D eigenvalue weighted by Crippen LogP contribution is 2.27. The number of nitrogens with one attached hydrogen (secondary N) is 1. The Balaban J connectivity index is 1.52. The number of nitrogens with zero attached hydrogens (tertiary/aromatic N) is 1. The molecular formula is C13H26N2. The van der Waals surface area contributed by atoms with Gasteiger partial charge in [0.2, 0.25) is 0 Å². The summed E-state index contributed by atoms with van der Waals surface area (Å²) in [6, 6.07) is 0. The van der Waals surface area contributed by atoms with Gasteiger partial charge in [-0.1, -0.05) is 13.3 Å². The van der Waals surface area contributed by atoms with Crippen molar-refractivity contribution in [1.82, 2.24) is 10.2 Å². The van der Waals surface area contributed by atoms with Gasteiger partial charge in [0.05, 0.1) is 0 Å². The number of hydrogen-bond donors (Lipinski definition) is 1. The smallest absolute Gasteiger partial charge is 0.0107 e. The molecule has 0 aromatic carbocycles. The lowest BCUT2D eigenvalue weighted by Crippen LogP contribution is -2.39. The van der Waals surface area contributed by atoms with E-state index < -0.39 is 0 Å². The first-order valence-electron chi connectivity index (χ1n) is 6.81. The maximum absolute atomic E-state index is 3.59. The summed E-state index contributed by atoms with van der Waals surface area (Å²) < 4.78 is 0. The number of likely N-dealkylation sites (tertiary alicyclic amines) is 1. The molecule has 2 heteroatoms. The zero-order chi connectivity index (χ0) is 10.5. The molecule has 0 amide bonds. The quantitative estimate of drug-likeness (QED) is 0.676. The SMILES string of the molecule is CCC1CCCN(CCNCC2CC2)C1. The lowest BCUT2D eigenvalue weighted by molar-refractivity contribution is 0.172. The number of rotatable bonds is 6. The van der Waals surface area contributed by atoms with Crippen LogP contribution in [0.5, 0.6) is 0 Å². The van der Waals surface area contributed by atoms with E-state index in [1.807, 2.05) is 0 Å². The summed E-state index contributed by atoms with van der Waals surface area (Å²) >= 11 is 0. The van der Waals surface area contributed by atoms with E-state index in [4.69, 9.17) is 0 Å². The van der Waals surface area contributed by atoms with Crippen LogP contribution in [0.25, 0.3) is 0 Å². The van der Waals surface area contributed by atoms with Crippen molar-refractivity contribution in [2.75, 3.05) is 32.7 Å². The fourth-order valence-electron chi connectivity index (χ4n) is 2.55. The van der Waals surface area contributed by atoms with Gasteiger partial charge < -0.3 is 10.2 Å². The molecule has 15 heavy (non-hydrogen) atoms. The lowest BCUT2D eigenvalue weighted by atomic mass is 9.96. The van der Waals surface area contributed by atoms with Crippen molar-refractivity contribution in [3.8, 4) is 0 Å². The summed E-state index contributed by atoms with van der Waals surface area (Å²) in [6.45, 7) is 8.75. The molecule has 88 valence electrons. The molecule has 0 spiro atoms. The molecule has 2 aliphatic rings. The van der Waals surface area contributed by atoms with Crippen molar-refractivity contribution < 1.29 is 0 Å². The highest BCUT2D eigenvalue weighted by molar-refractivity contribution is 4.76. The maximum Gasteiger partial charge on any atom is 0.0107 e. The summed E-state index contributed by atoms with van der Waals surface area (Å²) in [5.74, 6) is 2.00. The second-order valence-corrected chi connectivity index (χ2v) is 5.36. The van der Waals surface area contributed by atoms with E-state index in [2.05, 4.69) is 17.1 Å². The zero-order valence-corrected chi connectivity index (χ0v) is 10.2. The minimum absolute atomic E-state index is 0.974. The van der Waals surface area contributed by atoms with Crippen LogP contribution in [0.15, 0.2) is 0 Å². The van der Waals surface area contributed by atoms with Crippen LogP contribution in [-0.2, 0) is 0 Å². The fourth-order valence-corrected chi connectivity index (χ4v) is 2.55. The molecule has 1 heterocycles. The molecular weight excluding hydrogens is 184 g/mol. The summed E-state index contributed by atoms with van der Waals surface area (Å²) in [5.41, 5.74) is 0. The monoisotopic (exact) mass is 210 g/mol. The molecule has 2 nitrogen and oxygen atoms in total. The first-order chi connectivity index (χ1) is 7.38. The van der Waals surface area contributed by atoms with Crippen molar-refractivity contribution in [1.29, 1.82) is 0 Å². The van der Waals surface area contributed by atoms with Crippen molar-refractivity contribution in [3.05, 3.63) is 0 Å². The van der Waals surface area contributed by atoms with Crippen LogP contribution in [0.4, 0.5) is 0 Å². The van der Waals surface area contributed by atoms with E-state index in [1.165, 1.54) is 64.8 Å². The largest absolute Gasteiger partial charge is 0.315 e. The standard InChI is InChI=1S/C13H26N2/c1-2-12-4-3-8-15(11-12)9-7-14-10-13-5-6-13/h12-14H,2-11H2,1H3. The Bertz CT molecular complexity index is 177. The van der Waals surface area contributed by atoms with Gasteiger partial charge in [-0.2, -0.15) is 0 Å². The van der Waals surface area contributed by atoms with Crippen molar-refractivity contribution >= 4 is 0 Å². The third kappa shape index (κ3) is 4.12. The predicted octanol–water partition coefficient (Wildman–Crippen LogP) is 2.11. The Labute approximate surface area is 94.4 Å². The predicted molar refractivity (Wildman–Crippen MR) is 65.0 cm³/mol.